The largest absolute Gasteiger partial charge is 0.503 e. The molecule has 1 atom stereocenters. The fourth-order valence-electron chi connectivity index (χ4n) is 3.09. The number of anilines is 1. The van der Waals surface area contributed by atoms with Gasteiger partial charge in [-0.1, -0.05) is 53.1 Å². The maximum absolute atomic E-state index is 14.6. The van der Waals surface area contributed by atoms with Gasteiger partial charge in [0.05, 0.1) is 6.04 Å². The van der Waals surface area contributed by atoms with Crippen molar-refractivity contribution < 1.29 is 14.3 Å². The Morgan fingerprint density at radius 2 is 1.88 bits per heavy atom. The van der Waals surface area contributed by atoms with Crippen molar-refractivity contribution in [3.05, 3.63) is 76.8 Å². The number of aromatic amines is 1. The Morgan fingerprint density at radius 3 is 2.54 bits per heavy atom. The molecule has 2 heterocycles. The number of carbonyl (C=O) groups excluding carboxylic acids is 1. The van der Waals surface area contributed by atoms with Crippen molar-refractivity contribution in [1.29, 1.82) is 0 Å². The molecule has 7 nitrogen and oxygen atoms in total. The lowest BCUT2D eigenvalue weighted by atomic mass is 9.93. The number of carbonyl (C=O) groups is 1. The van der Waals surface area contributed by atoms with Crippen molar-refractivity contribution in [3.8, 4) is 0 Å². The topological polar surface area (TPSA) is 95.0 Å². The van der Waals surface area contributed by atoms with E-state index in [1.165, 1.54) is 6.07 Å². The number of tetrazole rings is 1. The Balaban J connectivity index is 1.94. The fourth-order valence-corrected chi connectivity index (χ4v) is 3.09. The van der Waals surface area contributed by atoms with E-state index in [1.54, 1.807) is 30.3 Å². The summed E-state index contributed by atoms with van der Waals surface area (Å²) in [4.78, 5) is 13.9. The maximum atomic E-state index is 14.6. The summed E-state index contributed by atoms with van der Waals surface area (Å²) in [5.74, 6) is -1.72. The first kappa shape index (κ1) is 15.9. The molecule has 0 spiro atoms. The second-order valence-electron chi connectivity index (χ2n) is 5.94. The van der Waals surface area contributed by atoms with Gasteiger partial charge in [0.1, 0.15) is 5.82 Å². The van der Waals surface area contributed by atoms with Crippen LogP contribution in [0.1, 0.15) is 22.7 Å². The van der Waals surface area contributed by atoms with Crippen LogP contribution in [0.2, 0.25) is 0 Å². The molecular formula is C18H14FN5O2. The third-order valence-electron chi connectivity index (χ3n) is 4.32. The molecule has 0 radical (unpaired) electrons. The van der Waals surface area contributed by atoms with Gasteiger partial charge in [0.15, 0.2) is 5.76 Å². The van der Waals surface area contributed by atoms with E-state index in [2.05, 4.69) is 20.6 Å². The Labute approximate surface area is 147 Å². The van der Waals surface area contributed by atoms with Crippen molar-refractivity contribution in [2.75, 3.05) is 4.90 Å². The second-order valence-corrected chi connectivity index (χ2v) is 5.94. The molecule has 0 saturated carbocycles. The predicted octanol–water partition coefficient (Wildman–Crippen LogP) is 2.70. The summed E-state index contributed by atoms with van der Waals surface area (Å²) in [5.41, 5.74) is 2.16. The molecular weight excluding hydrogens is 337 g/mol. The number of aromatic nitrogens is 4. The van der Waals surface area contributed by atoms with Crippen molar-refractivity contribution in [2.24, 2.45) is 0 Å². The van der Waals surface area contributed by atoms with E-state index in [-0.39, 0.29) is 11.5 Å². The summed E-state index contributed by atoms with van der Waals surface area (Å²) in [7, 11) is 0. The van der Waals surface area contributed by atoms with Gasteiger partial charge in [0.25, 0.3) is 11.9 Å². The van der Waals surface area contributed by atoms with Crippen LogP contribution in [0.15, 0.2) is 54.3 Å². The van der Waals surface area contributed by atoms with E-state index in [9.17, 15) is 14.3 Å². The number of benzene rings is 2. The quantitative estimate of drug-likeness (QED) is 0.756. The predicted molar refractivity (Wildman–Crippen MR) is 91.5 cm³/mol. The lowest BCUT2D eigenvalue weighted by Gasteiger charge is -2.24. The normalized spacial score (nSPS) is 17.2. The molecule has 4 rings (SSSR count). The van der Waals surface area contributed by atoms with E-state index in [4.69, 9.17) is 0 Å². The van der Waals surface area contributed by atoms with Gasteiger partial charge in [-0.05, 0) is 23.8 Å². The minimum Gasteiger partial charge on any atom is -0.503 e. The van der Waals surface area contributed by atoms with Crippen LogP contribution in [0.4, 0.5) is 10.3 Å². The van der Waals surface area contributed by atoms with Crippen molar-refractivity contribution in [2.45, 2.75) is 13.0 Å². The molecule has 1 aliphatic heterocycles. The molecule has 26 heavy (non-hydrogen) atoms. The first-order valence-corrected chi connectivity index (χ1v) is 7.89. The van der Waals surface area contributed by atoms with Gasteiger partial charge < -0.3 is 5.11 Å². The molecule has 1 amide bonds. The molecule has 2 aromatic carbocycles. The molecule has 0 fully saturated rings. The number of H-pyrrole nitrogens is 1. The first-order chi connectivity index (χ1) is 12.6. The summed E-state index contributed by atoms with van der Waals surface area (Å²) in [5, 5.41) is 23.9. The van der Waals surface area contributed by atoms with Gasteiger partial charge in [-0.3, -0.25) is 9.69 Å². The van der Waals surface area contributed by atoms with Crippen LogP contribution in [-0.2, 0) is 4.79 Å². The molecule has 130 valence electrons. The molecule has 8 heteroatoms. The Kier molecular flexibility index (Phi) is 3.72. The Hall–Kier alpha value is -3.55. The minimum atomic E-state index is -0.913. The van der Waals surface area contributed by atoms with Gasteiger partial charge >= 0.3 is 0 Å². The zero-order valence-corrected chi connectivity index (χ0v) is 13.7. The van der Waals surface area contributed by atoms with Crippen molar-refractivity contribution in [1.82, 2.24) is 20.6 Å². The number of halogens is 1. The van der Waals surface area contributed by atoms with E-state index in [0.29, 0.717) is 11.1 Å². The molecule has 1 aromatic heterocycles. The summed E-state index contributed by atoms with van der Waals surface area (Å²) >= 11 is 0. The smallest absolute Gasteiger partial charge is 0.296 e. The molecule has 1 aliphatic rings. The average Bonchev–Trinajstić information content (AvgIpc) is 3.24. The zero-order chi connectivity index (χ0) is 18.3. The molecule has 0 bridgehead atoms. The number of hydrogen-bond acceptors (Lipinski definition) is 5. The van der Waals surface area contributed by atoms with E-state index < -0.39 is 23.5 Å². The molecule has 0 unspecified atom stereocenters. The summed E-state index contributed by atoms with van der Waals surface area (Å²) in [6.07, 6.45) is 0. The van der Waals surface area contributed by atoms with Crippen molar-refractivity contribution >= 4 is 17.4 Å². The van der Waals surface area contributed by atoms with Crippen LogP contribution in [-0.4, -0.2) is 31.6 Å². The number of aliphatic hydroxyl groups is 1. The number of rotatable bonds is 3. The summed E-state index contributed by atoms with van der Waals surface area (Å²) < 4.78 is 14.6. The number of nitrogens with zero attached hydrogens (tertiary/aromatic N) is 4. The van der Waals surface area contributed by atoms with Crippen LogP contribution in [0, 0.1) is 12.7 Å². The number of aliphatic hydroxyl groups excluding tert-OH is 1. The molecule has 0 aliphatic carbocycles. The standard InChI is InChI=1S/C18H14FN5O2/c1-10-6-8-11(9-7-10)14-15(12-4-2-3-5-13(12)19)24(17(26)16(14)25)18-20-22-23-21-18/h2-9,15,25H,1H3,(H,20,21,22,23)/t15-/m0/s1. The highest BCUT2D eigenvalue weighted by atomic mass is 19.1. The molecule has 3 aromatic rings. The second kappa shape index (κ2) is 6.07. The number of amides is 1. The van der Waals surface area contributed by atoms with Crippen LogP contribution < -0.4 is 4.90 Å². The third-order valence-corrected chi connectivity index (χ3v) is 4.32. The van der Waals surface area contributed by atoms with Gasteiger partial charge in [-0.15, -0.1) is 5.10 Å². The van der Waals surface area contributed by atoms with Gasteiger partial charge in [-0.25, -0.2) is 4.39 Å². The van der Waals surface area contributed by atoms with Crippen LogP contribution in [0.3, 0.4) is 0 Å². The van der Waals surface area contributed by atoms with Gasteiger partial charge in [0, 0.05) is 11.1 Å². The average molecular weight is 351 g/mol. The highest BCUT2D eigenvalue weighted by Gasteiger charge is 2.44. The third kappa shape index (κ3) is 2.43. The highest BCUT2D eigenvalue weighted by Crippen LogP contribution is 2.44. The molecule has 0 saturated heterocycles. The highest BCUT2D eigenvalue weighted by molar-refractivity contribution is 6.15. The fraction of sp³-hybridized carbons (Fsp3) is 0.111. The van der Waals surface area contributed by atoms with E-state index in [0.717, 1.165) is 10.5 Å². The summed E-state index contributed by atoms with van der Waals surface area (Å²) in [6, 6.07) is 12.4. The van der Waals surface area contributed by atoms with Gasteiger partial charge in [-0.2, -0.15) is 5.21 Å². The first-order valence-electron chi connectivity index (χ1n) is 7.89. The van der Waals surface area contributed by atoms with E-state index >= 15 is 0 Å². The lowest BCUT2D eigenvalue weighted by Crippen LogP contribution is -2.31. The number of nitrogens with one attached hydrogen (secondary N) is 1. The van der Waals surface area contributed by atoms with Crippen LogP contribution >= 0.6 is 0 Å². The maximum Gasteiger partial charge on any atom is 0.296 e. The number of hydrogen-bond donors (Lipinski definition) is 2. The zero-order valence-electron chi connectivity index (χ0n) is 13.7. The molecule has 2 N–H and O–H groups in total. The Bertz CT molecular complexity index is 999. The SMILES string of the molecule is Cc1ccc(C2=C(O)C(=O)N(c3nn[nH]n3)[C@H]2c2ccccc2F)cc1. The lowest BCUT2D eigenvalue weighted by molar-refractivity contribution is -0.117. The van der Waals surface area contributed by atoms with Crippen LogP contribution in [0.25, 0.3) is 5.57 Å². The summed E-state index contributed by atoms with van der Waals surface area (Å²) in [6.45, 7) is 1.93. The van der Waals surface area contributed by atoms with Crippen LogP contribution in [0.5, 0.6) is 0 Å². The van der Waals surface area contributed by atoms with Gasteiger partial charge in [0.2, 0.25) is 0 Å². The monoisotopic (exact) mass is 351 g/mol. The van der Waals surface area contributed by atoms with Crippen molar-refractivity contribution in [3.63, 3.8) is 0 Å². The Morgan fingerprint density at radius 1 is 1.15 bits per heavy atom. The number of aryl methyl sites for hydroxylation is 1. The minimum absolute atomic E-state index is 0.0445. The van der Waals surface area contributed by atoms with E-state index in [1.807, 2.05) is 19.1 Å².